The first-order valence-corrected chi connectivity index (χ1v) is 6.16. The summed E-state index contributed by atoms with van der Waals surface area (Å²) >= 11 is 0. The topological polar surface area (TPSA) is 85.6 Å². The number of rotatable bonds is 5. The van der Waals surface area contributed by atoms with E-state index in [0.29, 0.717) is 11.4 Å². The van der Waals surface area contributed by atoms with Gasteiger partial charge in [-0.25, -0.2) is 4.57 Å². The van der Waals surface area contributed by atoms with E-state index in [9.17, 15) is 4.57 Å². The molecule has 0 saturated carbocycles. The van der Waals surface area contributed by atoms with Crippen LogP contribution < -0.4 is 16.1 Å². The average molecular weight is 245 g/mol. The van der Waals surface area contributed by atoms with Crippen molar-refractivity contribution in [1.82, 2.24) is 0 Å². The minimum absolute atomic E-state index is 0.602. The van der Waals surface area contributed by atoms with Crippen LogP contribution in [0.3, 0.4) is 0 Å². The van der Waals surface area contributed by atoms with Crippen LogP contribution in [-0.4, -0.2) is 21.3 Å². The monoisotopic (exact) mass is 245 g/mol. The van der Waals surface area contributed by atoms with Crippen molar-refractivity contribution in [1.29, 1.82) is 0 Å². The molecule has 0 amide bonds. The van der Waals surface area contributed by atoms with Crippen molar-refractivity contribution < 1.29 is 13.6 Å². The van der Waals surface area contributed by atoms with Crippen LogP contribution >= 0.6 is 7.75 Å². The highest BCUT2D eigenvalue weighted by molar-refractivity contribution is 7.55. The quantitative estimate of drug-likeness (QED) is 0.544. The third-order valence-corrected chi connectivity index (χ3v) is 3.56. The van der Waals surface area contributed by atoms with Crippen LogP contribution in [0.2, 0.25) is 0 Å². The largest absolute Gasteiger partial charge is 0.432 e. The van der Waals surface area contributed by atoms with Crippen molar-refractivity contribution in [3.05, 3.63) is 18.2 Å². The van der Waals surface area contributed by atoms with Crippen molar-refractivity contribution in [2.75, 3.05) is 37.4 Å². The van der Waals surface area contributed by atoms with Crippen molar-refractivity contribution in [2.45, 2.75) is 0 Å². The lowest BCUT2D eigenvalue weighted by atomic mass is 10.2. The predicted octanol–water partition coefficient (Wildman–Crippen LogP) is 2.12. The van der Waals surface area contributed by atoms with Gasteiger partial charge in [-0.15, -0.1) is 0 Å². The van der Waals surface area contributed by atoms with Gasteiger partial charge in [0.1, 0.15) is 0 Å². The van der Waals surface area contributed by atoms with Gasteiger partial charge in [-0.2, -0.15) is 0 Å². The Balaban J connectivity index is 2.94. The second-order valence-corrected chi connectivity index (χ2v) is 4.98. The van der Waals surface area contributed by atoms with E-state index < -0.39 is 7.75 Å². The maximum absolute atomic E-state index is 11.8. The number of benzene rings is 1. The summed E-state index contributed by atoms with van der Waals surface area (Å²) in [6.07, 6.45) is 0. The predicted molar refractivity (Wildman–Crippen MR) is 65.6 cm³/mol. The molecule has 0 bridgehead atoms. The highest BCUT2D eigenvalue weighted by atomic mass is 31.2. The fraction of sp³-hybridized carbons (Fsp3) is 0.333. The van der Waals surface area contributed by atoms with Crippen LogP contribution in [0.25, 0.3) is 0 Å². The molecule has 90 valence electrons. The number of anilines is 3. The molecule has 16 heavy (non-hydrogen) atoms. The number of hydrogen-bond acceptors (Lipinski definition) is 5. The highest BCUT2D eigenvalue weighted by Gasteiger charge is 2.20. The fourth-order valence-corrected chi connectivity index (χ4v) is 1.95. The molecule has 1 aromatic rings. The van der Waals surface area contributed by atoms with Gasteiger partial charge in [-0.05, 0) is 18.2 Å². The second kappa shape index (κ2) is 5.21. The van der Waals surface area contributed by atoms with E-state index in [4.69, 9.17) is 14.8 Å². The first kappa shape index (κ1) is 12.8. The van der Waals surface area contributed by atoms with E-state index in [1.165, 1.54) is 14.2 Å². The molecule has 0 unspecified atom stereocenters. The molecule has 0 spiro atoms. The maximum Gasteiger partial charge on any atom is 0.432 e. The summed E-state index contributed by atoms with van der Waals surface area (Å²) in [5, 5.41) is 5.59. The Morgan fingerprint density at radius 2 is 1.94 bits per heavy atom. The molecule has 1 aromatic carbocycles. The minimum Gasteiger partial charge on any atom is -0.397 e. The Kier molecular flexibility index (Phi) is 4.18. The molecule has 4 N–H and O–H groups in total. The van der Waals surface area contributed by atoms with Crippen molar-refractivity contribution in [3.8, 4) is 0 Å². The Morgan fingerprint density at radius 1 is 1.31 bits per heavy atom. The molecule has 0 atom stereocenters. The van der Waals surface area contributed by atoms with Gasteiger partial charge < -0.3 is 11.1 Å². The maximum atomic E-state index is 11.8. The normalized spacial score (nSPS) is 11.2. The van der Waals surface area contributed by atoms with E-state index in [1.54, 1.807) is 25.2 Å². The molecular formula is C9H16N3O3P. The van der Waals surface area contributed by atoms with E-state index in [-0.39, 0.29) is 0 Å². The molecule has 0 radical (unpaired) electrons. The first-order chi connectivity index (χ1) is 7.54. The summed E-state index contributed by atoms with van der Waals surface area (Å²) < 4.78 is 21.3. The molecule has 0 heterocycles. The summed E-state index contributed by atoms with van der Waals surface area (Å²) in [7, 11) is 1.11. The lowest BCUT2D eigenvalue weighted by molar-refractivity contribution is 0.281. The van der Waals surface area contributed by atoms with Gasteiger partial charge in [0.2, 0.25) is 0 Å². The third kappa shape index (κ3) is 2.88. The first-order valence-electron chi connectivity index (χ1n) is 4.61. The van der Waals surface area contributed by atoms with E-state index in [1.807, 2.05) is 0 Å². The van der Waals surface area contributed by atoms with Gasteiger partial charge in [0.25, 0.3) is 0 Å². The van der Waals surface area contributed by atoms with Crippen LogP contribution in [0.1, 0.15) is 0 Å². The third-order valence-electron chi connectivity index (χ3n) is 2.07. The van der Waals surface area contributed by atoms with Gasteiger partial charge in [-0.1, -0.05) is 0 Å². The number of nitrogens with two attached hydrogens (primary N) is 1. The standard InChI is InChI=1S/C9H16N3O3P/c1-11-9-6-7(4-5-8(9)10)12-16(13,14-2)15-3/h4-6,11H,10H2,1-3H3,(H,12,13). The zero-order chi connectivity index (χ0) is 12.2. The lowest BCUT2D eigenvalue weighted by Crippen LogP contribution is -2.02. The SMILES string of the molecule is CNc1cc(NP(=O)(OC)OC)ccc1N. The van der Waals surface area contributed by atoms with Gasteiger partial charge in [0.05, 0.1) is 11.4 Å². The molecule has 1 rings (SSSR count). The summed E-state index contributed by atoms with van der Waals surface area (Å²) in [5.74, 6) is 0. The van der Waals surface area contributed by atoms with Crippen LogP contribution in [0, 0.1) is 0 Å². The minimum atomic E-state index is -3.27. The molecule has 0 aliphatic heterocycles. The van der Waals surface area contributed by atoms with E-state index in [2.05, 4.69) is 10.4 Å². The Labute approximate surface area is 94.7 Å². The summed E-state index contributed by atoms with van der Waals surface area (Å²) in [5.41, 5.74) is 7.66. The van der Waals surface area contributed by atoms with Gasteiger partial charge >= 0.3 is 7.75 Å². The molecule has 0 fully saturated rings. The van der Waals surface area contributed by atoms with Crippen molar-refractivity contribution >= 4 is 24.8 Å². The van der Waals surface area contributed by atoms with Crippen LogP contribution in [-0.2, 0) is 13.6 Å². The van der Waals surface area contributed by atoms with E-state index >= 15 is 0 Å². The van der Waals surface area contributed by atoms with Gasteiger partial charge in [-0.3, -0.25) is 14.1 Å². The molecule has 0 saturated heterocycles. The molecule has 7 heteroatoms. The van der Waals surface area contributed by atoms with Crippen LogP contribution in [0.15, 0.2) is 18.2 Å². The molecule has 0 aliphatic carbocycles. The molecule has 0 aliphatic rings. The lowest BCUT2D eigenvalue weighted by Gasteiger charge is -2.16. The Morgan fingerprint density at radius 3 is 2.44 bits per heavy atom. The Bertz CT molecular complexity index is 403. The average Bonchev–Trinajstić information content (AvgIpc) is 2.31. The van der Waals surface area contributed by atoms with Gasteiger partial charge in [0.15, 0.2) is 0 Å². The number of nitrogens with one attached hydrogen (secondary N) is 2. The van der Waals surface area contributed by atoms with E-state index in [0.717, 1.165) is 5.69 Å². The molecule has 6 nitrogen and oxygen atoms in total. The zero-order valence-electron chi connectivity index (χ0n) is 9.48. The van der Waals surface area contributed by atoms with Crippen molar-refractivity contribution in [2.24, 2.45) is 0 Å². The van der Waals surface area contributed by atoms with Gasteiger partial charge in [0, 0.05) is 27.0 Å². The van der Waals surface area contributed by atoms with Crippen LogP contribution in [0.5, 0.6) is 0 Å². The number of nitrogen functional groups attached to an aromatic ring is 1. The molecule has 0 aromatic heterocycles. The summed E-state index contributed by atoms with van der Waals surface area (Å²) in [4.78, 5) is 0. The smallest absolute Gasteiger partial charge is 0.397 e. The zero-order valence-corrected chi connectivity index (χ0v) is 10.4. The molecular weight excluding hydrogens is 229 g/mol. The summed E-state index contributed by atoms with van der Waals surface area (Å²) in [6.45, 7) is 0. The Hall–Kier alpha value is -1.23. The highest BCUT2D eigenvalue weighted by Crippen LogP contribution is 2.46. The second-order valence-electron chi connectivity index (χ2n) is 3.03. The van der Waals surface area contributed by atoms with Crippen molar-refractivity contribution in [3.63, 3.8) is 0 Å². The van der Waals surface area contributed by atoms with Crippen LogP contribution in [0.4, 0.5) is 17.1 Å². The number of hydrogen-bond donors (Lipinski definition) is 3. The summed E-state index contributed by atoms with van der Waals surface area (Å²) in [6, 6.07) is 5.12. The fourth-order valence-electron chi connectivity index (χ4n) is 1.17.